The third-order valence-electron chi connectivity index (χ3n) is 10.5. The third-order valence-corrected chi connectivity index (χ3v) is 11.7. The highest BCUT2D eigenvalue weighted by Crippen LogP contribution is 2.44. The molecule has 10 aromatic rings. The summed E-state index contributed by atoms with van der Waals surface area (Å²) in [6.07, 6.45) is 0. The fraction of sp³-hybridized carbons (Fsp3) is 0. The lowest BCUT2D eigenvalue weighted by Gasteiger charge is -2.28. The van der Waals surface area contributed by atoms with Crippen molar-refractivity contribution in [2.45, 2.75) is 0 Å². The Balaban J connectivity index is 1.10. The number of hydrogen-bond donors (Lipinski definition) is 0. The molecular formula is C52H35NS. The molecule has 254 valence electrons. The average Bonchev–Trinajstić information content (AvgIpc) is 3.64. The molecule has 0 atom stereocenters. The number of nitrogens with zero attached hydrogens (tertiary/aromatic N) is 1. The maximum Gasteiger partial charge on any atom is 0.0540 e. The maximum absolute atomic E-state index is 2.41. The van der Waals surface area contributed by atoms with E-state index in [4.69, 9.17) is 0 Å². The van der Waals surface area contributed by atoms with Gasteiger partial charge in [0, 0.05) is 37.1 Å². The molecule has 0 unspecified atom stereocenters. The van der Waals surface area contributed by atoms with Gasteiger partial charge in [-0.15, -0.1) is 11.3 Å². The van der Waals surface area contributed by atoms with E-state index in [-0.39, 0.29) is 0 Å². The Morgan fingerprint density at radius 3 is 1.76 bits per heavy atom. The highest BCUT2D eigenvalue weighted by atomic mass is 32.1. The van der Waals surface area contributed by atoms with Crippen LogP contribution >= 0.6 is 11.3 Å². The van der Waals surface area contributed by atoms with Crippen LogP contribution in [0.3, 0.4) is 0 Å². The van der Waals surface area contributed by atoms with Gasteiger partial charge >= 0.3 is 0 Å². The van der Waals surface area contributed by atoms with Gasteiger partial charge in [0.2, 0.25) is 0 Å². The van der Waals surface area contributed by atoms with Gasteiger partial charge in [-0.1, -0.05) is 170 Å². The number of benzene rings is 9. The van der Waals surface area contributed by atoms with Crippen molar-refractivity contribution in [2.75, 3.05) is 4.90 Å². The lowest BCUT2D eigenvalue weighted by molar-refractivity contribution is 1.28. The minimum Gasteiger partial charge on any atom is -0.310 e. The molecule has 1 nitrogen and oxygen atoms in total. The molecule has 0 aliphatic rings. The van der Waals surface area contributed by atoms with E-state index in [9.17, 15) is 0 Å². The van der Waals surface area contributed by atoms with E-state index in [1.165, 1.54) is 75.5 Å². The van der Waals surface area contributed by atoms with Gasteiger partial charge in [0.05, 0.1) is 5.69 Å². The van der Waals surface area contributed by atoms with Crippen LogP contribution in [-0.2, 0) is 0 Å². The van der Waals surface area contributed by atoms with Crippen LogP contribution in [0.15, 0.2) is 212 Å². The summed E-state index contributed by atoms with van der Waals surface area (Å²) in [7, 11) is 0. The first-order valence-electron chi connectivity index (χ1n) is 18.4. The van der Waals surface area contributed by atoms with Gasteiger partial charge in [-0.3, -0.25) is 0 Å². The molecule has 1 aromatic heterocycles. The number of anilines is 3. The zero-order chi connectivity index (χ0) is 35.8. The van der Waals surface area contributed by atoms with E-state index in [0.717, 1.165) is 17.1 Å². The molecule has 0 N–H and O–H groups in total. The number of fused-ring (bicyclic) bond motifs is 4. The topological polar surface area (TPSA) is 3.24 Å². The third kappa shape index (κ3) is 5.84. The smallest absolute Gasteiger partial charge is 0.0540 e. The average molecular weight is 706 g/mol. The Morgan fingerprint density at radius 2 is 0.889 bits per heavy atom. The zero-order valence-corrected chi connectivity index (χ0v) is 30.4. The van der Waals surface area contributed by atoms with Gasteiger partial charge in [-0.05, 0) is 92.2 Å². The second-order valence-corrected chi connectivity index (χ2v) is 14.8. The molecule has 0 aliphatic heterocycles. The van der Waals surface area contributed by atoms with Gasteiger partial charge in [0.15, 0.2) is 0 Å². The van der Waals surface area contributed by atoms with Crippen molar-refractivity contribution in [3.05, 3.63) is 212 Å². The number of rotatable bonds is 7. The number of hydrogen-bond acceptors (Lipinski definition) is 2. The van der Waals surface area contributed by atoms with Gasteiger partial charge in [0.25, 0.3) is 0 Å². The molecule has 0 aliphatic carbocycles. The summed E-state index contributed by atoms with van der Waals surface area (Å²) in [6, 6.07) is 77.1. The van der Waals surface area contributed by atoms with Crippen LogP contribution in [0.25, 0.3) is 75.5 Å². The summed E-state index contributed by atoms with van der Waals surface area (Å²) in [4.78, 5) is 2.41. The van der Waals surface area contributed by atoms with Gasteiger partial charge < -0.3 is 4.90 Å². The summed E-state index contributed by atoms with van der Waals surface area (Å²) in [6.45, 7) is 0. The van der Waals surface area contributed by atoms with Crippen LogP contribution < -0.4 is 4.90 Å². The molecule has 0 radical (unpaired) electrons. The Labute approximate surface area is 319 Å². The van der Waals surface area contributed by atoms with E-state index < -0.39 is 0 Å². The largest absolute Gasteiger partial charge is 0.310 e. The fourth-order valence-electron chi connectivity index (χ4n) is 7.77. The molecule has 2 heteroatoms. The number of para-hydroxylation sites is 1. The standard InChI is InChI=1S/C52H35NS/c1-2-12-36(13-3-1)38-24-27-39(28-25-38)46-18-6-8-22-50(46)53(45-17-10-16-42(35-45)43-29-26-37-14-4-5-15-41(37)34-43)44-32-30-40(31-33-44)47-20-11-21-49-48-19-7-9-23-51(48)54-52(47)49/h1-35H. The molecule has 1 heterocycles. The number of thiophene rings is 1. The van der Waals surface area contributed by atoms with Crippen LogP contribution in [0.4, 0.5) is 17.1 Å². The van der Waals surface area contributed by atoms with Crippen LogP contribution in [0, 0.1) is 0 Å². The summed E-state index contributed by atoms with van der Waals surface area (Å²) in [5.41, 5.74) is 13.0. The molecule has 0 fully saturated rings. The summed E-state index contributed by atoms with van der Waals surface area (Å²) >= 11 is 1.88. The zero-order valence-electron chi connectivity index (χ0n) is 29.6. The van der Waals surface area contributed by atoms with Crippen molar-refractivity contribution in [2.24, 2.45) is 0 Å². The van der Waals surface area contributed by atoms with Crippen molar-refractivity contribution < 1.29 is 0 Å². The molecule has 0 spiro atoms. The highest BCUT2D eigenvalue weighted by molar-refractivity contribution is 7.26. The Bertz CT molecular complexity index is 2920. The second kappa shape index (κ2) is 13.7. The Morgan fingerprint density at radius 1 is 0.315 bits per heavy atom. The monoisotopic (exact) mass is 705 g/mol. The van der Waals surface area contributed by atoms with E-state index in [2.05, 4.69) is 217 Å². The minimum absolute atomic E-state index is 1.10. The van der Waals surface area contributed by atoms with Crippen LogP contribution in [0.2, 0.25) is 0 Å². The summed E-state index contributed by atoms with van der Waals surface area (Å²) in [5, 5.41) is 5.13. The molecule has 10 rings (SSSR count). The first-order chi connectivity index (χ1) is 26.8. The van der Waals surface area contributed by atoms with Crippen molar-refractivity contribution in [3.8, 4) is 44.5 Å². The van der Waals surface area contributed by atoms with Crippen molar-refractivity contribution in [1.29, 1.82) is 0 Å². The van der Waals surface area contributed by atoms with E-state index >= 15 is 0 Å². The SMILES string of the molecule is c1ccc(-c2ccc(-c3ccccc3N(c3ccc(-c4cccc5c4sc4ccccc45)cc3)c3cccc(-c4ccc5ccccc5c4)c3)cc2)cc1. The van der Waals surface area contributed by atoms with Crippen molar-refractivity contribution >= 4 is 59.3 Å². The summed E-state index contributed by atoms with van der Waals surface area (Å²) < 4.78 is 2.65. The molecule has 0 bridgehead atoms. The predicted molar refractivity (Wildman–Crippen MR) is 233 cm³/mol. The van der Waals surface area contributed by atoms with Crippen molar-refractivity contribution in [1.82, 2.24) is 0 Å². The van der Waals surface area contributed by atoms with E-state index in [0.29, 0.717) is 0 Å². The van der Waals surface area contributed by atoms with Crippen LogP contribution in [0.1, 0.15) is 0 Å². The second-order valence-electron chi connectivity index (χ2n) is 13.7. The molecule has 9 aromatic carbocycles. The molecule has 0 saturated heterocycles. The fourth-order valence-corrected chi connectivity index (χ4v) is 9.01. The molecule has 0 amide bonds. The first-order valence-corrected chi connectivity index (χ1v) is 19.2. The normalized spacial score (nSPS) is 11.3. The lowest BCUT2D eigenvalue weighted by Crippen LogP contribution is -2.11. The molecule has 0 saturated carbocycles. The summed E-state index contributed by atoms with van der Waals surface area (Å²) in [5.74, 6) is 0. The van der Waals surface area contributed by atoms with Gasteiger partial charge in [0.1, 0.15) is 0 Å². The van der Waals surface area contributed by atoms with Gasteiger partial charge in [-0.25, -0.2) is 0 Å². The maximum atomic E-state index is 2.41. The highest BCUT2D eigenvalue weighted by Gasteiger charge is 2.19. The first kappa shape index (κ1) is 32.0. The minimum atomic E-state index is 1.10. The molecule has 54 heavy (non-hydrogen) atoms. The predicted octanol–water partition coefficient (Wildman–Crippen LogP) is 15.3. The Hall–Kier alpha value is -6.74. The van der Waals surface area contributed by atoms with Crippen LogP contribution in [0.5, 0.6) is 0 Å². The van der Waals surface area contributed by atoms with Crippen molar-refractivity contribution in [3.63, 3.8) is 0 Å². The van der Waals surface area contributed by atoms with Crippen LogP contribution in [-0.4, -0.2) is 0 Å². The van der Waals surface area contributed by atoms with E-state index in [1.807, 2.05) is 11.3 Å². The van der Waals surface area contributed by atoms with Gasteiger partial charge in [-0.2, -0.15) is 0 Å². The van der Waals surface area contributed by atoms with E-state index in [1.54, 1.807) is 0 Å². The lowest BCUT2D eigenvalue weighted by atomic mass is 9.97. The Kier molecular flexibility index (Phi) is 8.09. The quantitative estimate of drug-likeness (QED) is 0.160. The molecular weight excluding hydrogens is 671 g/mol.